The first-order valence-corrected chi connectivity index (χ1v) is 15.1. The Morgan fingerprint density at radius 2 is 1.68 bits per heavy atom. The lowest BCUT2D eigenvalue weighted by Crippen LogP contribution is -2.52. The van der Waals surface area contributed by atoms with Crippen LogP contribution in [0.5, 0.6) is 0 Å². The summed E-state index contributed by atoms with van der Waals surface area (Å²) in [7, 11) is -3.79. The van der Waals surface area contributed by atoms with Crippen molar-refractivity contribution in [3.05, 3.63) is 63.6 Å². The molecule has 7 nitrogen and oxygen atoms in total. The zero-order chi connectivity index (χ0) is 27.8. The Morgan fingerprint density at radius 1 is 1.03 bits per heavy atom. The number of hydrogen-bond donors (Lipinski definition) is 1. The monoisotopic (exact) mass is 569 g/mol. The van der Waals surface area contributed by atoms with Crippen LogP contribution in [0.3, 0.4) is 0 Å². The van der Waals surface area contributed by atoms with Crippen LogP contribution in [0.15, 0.2) is 42.5 Å². The first-order chi connectivity index (χ1) is 17.4. The van der Waals surface area contributed by atoms with E-state index in [-0.39, 0.29) is 18.4 Å². The third-order valence-corrected chi connectivity index (χ3v) is 7.83. The number of anilines is 1. The van der Waals surface area contributed by atoms with Gasteiger partial charge in [0.1, 0.15) is 12.6 Å². The summed E-state index contributed by atoms with van der Waals surface area (Å²) in [5.74, 6) is -0.526. The largest absolute Gasteiger partial charge is 0.354 e. The lowest BCUT2D eigenvalue weighted by Gasteiger charge is -2.33. The first-order valence-electron chi connectivity index (χ1n) is 12.5. The molecular formula is C27H37Cl2N3O4S. The van der Waals surface area contributed by atoms with Gasteiger partial charge in [-0.25, -0.2) is 8.42 Å². The molecule has 2 rings (SSSR count). The maximum Gasteiger partial charge on any atom is 0.244 e. The van der Waals surface area contributed by atoms with Crippen molar-refractivity contribution in [2.45, 2.75) is 65.5 Å². The van der Waals surface area contributed by atoms with Gasteiger partial charge in [-0.05, 0) is 54.2 Å². The van der Waals surface area contributed by atoms with E-state index in [0.29, 0.717) is 34.3 Å². The van der Waals surface area contributed by atoms with Gasteiger partial charge in [-0.2, -0.15) is 0 Å². The maximum atomic E-state index is 13.7. The molecule has 0 aliphatic heterocycles. The predicted octanol–water partition coefficient (Wildman–Crippen LogP) is 5.61. The van der Waals surface area contributed by atoms with E-state index in [1.165, 1.54) is 4.90 Å². The second kappa shape index (κ2) is 14.0. The number of unbranched alkanes of at least 4 members (excludes halogenated alkanes) is 1. The summed E-state index contributed by atoms with van der Waals surface area (Å²) in [6.07, 6.45) is 3.13. The van der Waals surface area contributed by atoms with Gasteiger partial charge in [0.25, 0.3) is 0 Å². The summed E-state index contributed by atoms with van der Waals surface area (Å²) in [6.45, 7) is 7.99. The SMILES string of the molecule is CCCCNC(=O)C(CC)N(Cc1ccc(Cl)cc1Cl)C(=O)CN(c1ccc(C(C)C)cc1)S(C)(=O)=O. The number of benzene rings is 2. The molecule has 10 heteroatoms. The molecule has 1 unspecified atom stereocenters. The van der Waals surface area contributed by atoms with E-state index in [1.54, 1.807) is 30.3 Å². The van der Waals surface area contributed by atoms with E-state index < -0.39 is 28.5 Å². The van der Waals surface area contributed by atoms with E-state index in [9.17, 15) is 18.0 Å². The van der Waals surface area contributed by atoms with Gasteiger partial charge in [0.15, 0.2) is 0 Å². The number of nitrogens with zero attached hydrogens (tertiary/aromatic N) is 2. The molecule has 0 bridgehead atoms. The summed E-state index contributed by atoms with van der Waals surface area (Å²) in [4.78, 5) is 28.2. The highest BCUT2D eigenvalue weighted by Gasteiger charge is 2.32. The van der Waals surface area contributed by atoms with Crippen LogP contribution < -0.4 is 9.62 Å². The Kier molecular flexibility index (Phi) is 11.7. The molecule has 2 aromatic rings. The molecule has 0 aliphatic rings. The molecule has 0 heterocycles. The summed E-state index contributed by atoms with van der Waals surface area (Å²) >= 11 is 12.4. The molecule has 0 fully saturated rings. The molecule has 0 saturated carbocycles. The van der Waals surface area contributed by atoms with Crippen LogP contribution in [-0.4, -0.2) is 50.5 Å². The smallest absolute Gasteiger partial charge is 0.244 e. The average molecular weight is 571 g/mol. The Morgan fingerprint density at radius 3 is 2.19 bits per heavy atom. The van der Waals surface area contributed by atoms with Crippen molar-refractivity contribution in [3.8, 4) is 0 Å². The van der Waals surface area contributed by atoms with Gasteiger partial charge in [0.05, 0.1) is 11.9 Å². The number of rotatable bonds is 13. The molecule has 0 radical (unpaired) electrons. The van der Waals surface area contributed by atoms with Crippen molar-refractivity contribution in [1.29, 1.82) is 0 Å². The molecule has 0 saturated heterocycles. The summed E-state index contributed by atoms with van der Waals surface area (Å²) in [5.41, 5.74) is 2.04. The highest BCUT2D eigenvalue weighted by Crippen LogP contribution is 2.26. The van der Waals surface area contributed by atoms with Gasteiger partial charge in [-0.15, -0.1) is 0 Å². The Hall–Kier alpha value is -2.29. The quantitative estimate of drug-likeness (QED) is 0.318. The Bertz CT molecular complexity index is 1170. The standard InChI is InChI=1S/C27H37Cl2N3O4S/c1-6-8-15-30-27(34)25(7-2)31(17-21-9-12-22(28)16-24(21)29)26(33)18-32(37(5,35)36)23-13-10-20(11-14-23)19(3)4/h9-14,16,19,25H,6-8,15,17-18H2,1-5H3,(H,30,34). The highest BCUT2D eigenvalue weighted by molar-refractivity contribution is 7.92. The van der Waals surface area contributed by atoms with Gasteiger partial charge in [-0.1, -0.05) is 75.5 Å². The molecule has 2 amide bonds. The van der Waals surface area contributed by atoms with E-state index in [4.69, 9.17) is 23.2 Å². The van der Waals surface area contributed by atoms with Gasteiger partial charge < -0.3 is 10.2 Å². The van der Waals surface area contributed by atoms with Crippen molar-refractivity contribution in [2.24, 2.45) is 0 Å². The zero-order valence-electron chi connectivity index (χ0n) is 22.1. The van der Waals surface area contributed by atoms with E-state index in [0.717, 1.165) is 29.0 Å². The number of amides is 2. The number of carbonyl (C=O) groups is 2. The predicted molar refractivity (Wildman–Crippen MR) is 152 cm³/mol. The summed E-state index contributed by atoms with van der Waals surface area (Å²) in [6, 6.07) is 11.2. The van der Waals surface area contributed by atoms with Crippen LogP contribution in [0.1, 0.15) is 64.0 Å². The molecule has 2 aromatic carbocycles. The van der Waals surface area contributed by atoms with Crippen LogP contribution in [0, 0.1) is 0 Å². The molecule has 0 aromatic heterocycles. The van der Waals surface area contributed by atoms with Gasteiger partial charge in [0, 0.05) is 23.1 Å². The number of hydrogen-bond acceptors (Lipinski definition) is 4. The van der Waals surface area contributed by atoms with Crippen molar-refractivity contribution in [2.75, 3.05) is 23.7 Å². The van der Waals surface area contributed by atoms with Crippen molar-refractivity contribution >= 4 is 50.7 Å². The highest BCUT2D eigenvalue weighted by atomic mass is 35.5. The summed E-state index contributed by atoms with van der Waals surface area (Å²) < 4.78 is 26.6. The normalized spacial score (nSPS) is 12.3. The second-order valence-corrected chi connectivity index (χ2v) is 12.1. The molecule has 1 N–H and O–H groups in total. The Labute approximate surface area is 231 Å². The van der Waals surface area contributed by atoms with E-state index in [1.807, 2.05) is 39.8 Å². The third-order valence-electron chi connectivity index (χ3n) is 6.10. The summed E-state index contributed by atoms with van der Waals surface area (Å²) in [5, 5.41) is 3.70. The number of nitrogens with one attached hydrogen (secondary N) is 1. The fourth-order valence-corrected chi connectivity index (χ4v) is 5.22. The fraction of sp³-hybridized carbons (Fsp3) is 0.481. The molecule has 204 valence electrons. The number of sulfonamides is 1. The van der Waals surface area contributed by atoms with Crippen molar-refractivity contribution in [1.82, 2.24) is 10.2 Å². The minimum absolute atomic E-state index is 0.0262. The fourth-order valence-electron chi connectivity index (χ4n) is 3.90. The van der Waals surface area contributed by atoms with Crippen molar-refractivity contribution in [3.63, 3.8) is 0 Å². The van der Waals surface area contributed by atoms with E-state index in [2.05, 4.69) is 5.32 Å². The molecule has 37 heavy (non-hydrogen) atoms. The lowest BCUT2D eigenvalue weighted by atomic mass is 10.0. The van der Waals surface area contributed by atoms with E-state index >= 15 is 0 Å². The third kappa shape index (κ3) is 8.90. The number of carbonyl (C=O) groups excluding carboxylic acids is 2. The van der Waals surface area contributed by atoms with Crippen LogP contribution in [0.2, 0.25) is 10.0 Å². The first kappa shape index (κ1) is 30.9. The molecule has 0 spiro atoms. The second-order valence-electron chi connectivity index (χ2n) is 9.34. The zero-order valence-corrected chi connectivity index (χ0v) is 24.5. The molecular weight excluding hydrogens is 533 g/mol. The average Bonchev–Trinajstić information content (AvgIpc) is 2.83. The van der Waals surface area contributed by atoms with Crippen LogP contribution in [-0.2, 0) is 26.2 Å². The molecule has 1 atom stereocenters. The van der Waals surface area contributed by atoms with Crippen LogP contribution in [0.4, 0.5) is 5.69 Å². The Balaban J connectivity index is 2.44. The number of halogens is 2. The maximum absolute atomic E-state index is 13.7. The van der Waals surface area contributed by atoms with Crippen molar-refractivity contribution < 1.29 is 18.0 Å². The van der Waals surface area contributed by atoms with Gasteiger partial charge in [-0.3, -0.25) is 13.9 Å². The van der Waals surface area contributed by atoms with Gasteiger partial charge in [0.2, 0.25) is 21.8 Å². The van der Waals surface area contributed by atoms with Gasteiger partial charge >= 0.3 is 0 Å². The lowest BCUT2D eigenvalue weighted by molar-refractivity contribution is -0.140. The minimum Gasteiger partial charge on any atom is -0.354 e. The minimum atomic E-state index is -3.79. The topological polar surface area (TPSA) is 86.8 Å². The van der Waals surface area contributed by atoms with Crippen LogP contribution >= 0.6 is 23.2 Å². The molecule has 0 aliphatic carbocycles. The van der Waals surface area contributed by atoms with Crippen LogP contribution in [0.25, 0.3) is 0 Å².